The number of amides is 1. The molecule has 1 aliphatic carbocycles. The van der Waals surface area contributed by atoms with Crippen molar-refractivity contribution in [3.8, 4) is 0 Å². The summed E-state index contributed by atoms with van der Waals surface area (Å²) >= 11 is 18.6. The van der Waals surface area contributed by atoms with E-state index in [-0.39, 0.29) is 29.6 Å². The lowest BCUT2D eigenvalue weighted by Crippen LogP contribution is -2.29. The van der Waals surface area contributed by atoms with Crippen LogP contribution >= 0.6 is 34.8 Å². The molecule has 1 fully saturated rings. The Morgan fingerprint density at radius 3 is 2.28 bits per heavy atom. The van der Waals surface area contributed by atoms with Crippen molar-refractivity contribution < 1.29 is 4.79 Å². The molecule has 5 heteroatoms. The molecule has 128 valence electrons. The monoisotopic (exact) mass is 391 g/mol. The first-order valence-electron chi connectivity index (χ1n) is 8.21. The molecule has 2 aliphatic rings. The summed E-state index contributed by atoms with van der Waals surface area (Å²) in [5.74, 6) is 0.420. The average molecular weight is 393 g/mol. The third-order valence-corrected chi connectivity index (χ3v) is 6.04. The maximum Gasteiger partial charge on any atom is 0.227 e. The van der Waals surface area contributed by atoms with E-state index in [1.165, 1.54) is 0 Å². The Balaban J connectivity index is 1.83. The lowest BCUT2D eigenvalue weighted by molar-refractivity contribution is -0.121. The molecule has 1 aliphatic heterocycles. The van der Waals surface area contributed by atoms with Crippen molar-refractivity contribution in [3.05, 3.63) is 80.8 Å². The number of benzene rings is 2. The van der Waals surface area contributed by atoms with Crippen LogP contribution in [0.4, 0.5) is 0 Å². The summed E-state index contributed by atoms with van der Waals surface area (Å²) in [4.78, 5) is 12.2. The molecular weight excluding hydrogens is 377 g/mol. The molecule has 1 heterocycles. The van der Waals surface area contributed by atoms with Gasteiger partial charge in [-0.05, 0) is 47.2 Å². The van der Waals surface area contributed by atoms with Gasteiger partial charge in [-0.1, -0.05) is 65.2 Å². The topological polar surface area (TPSA) is 29.1 Å². The highest BCUT2D eigenvalue weighted by Crippen LogP contribution is 2.49. The molecule has 0 spiro atoms. The fourth-order valence-corrected chi connectivity index (χ4v) is 4.73. The van der Waals surface area contributed by atoms with E-state index in [0.717, 1.165) is 11.1 Å². The molecule has 1 saturated heterocycles. The van der Waals surface area contributed by atoms with Crippen molar-refractivity contribution in [3.63, 3.8) is 0 Å². The summed E-state index contributed by atoms with van der Waals surface area (Å²) < 4.78 is 0. The van der Waals surface area contributed by atoms with E-state index in [9.17, 15) is 4.79 Å². The van der Waals surface area contributed by atoms with E-state index in [4.69, 9.17) is 34.8 Å². The number of nitrogens with one attached hydrogen (secondary N) is 1. The first-order valence-corrected chi connectivity index (χ1v) is 9.34. The van der Waals surface area contributed by atoms with Gasteiger partial charge in [0.2, 0.25) is 5.91 Å². The van der Waals surface area contributed by atoms with Gasteiger partial charge in [-0.3, -0.25) is 4.79 Å². The highest BCUT2D eigenvalue weighted by molar-refractivity contribution is 6.35. The summed E-state index contributed by atoms with van der Waals surface area (Å²) in [7, 11) is 0. The highest BCUT2D eigenvalue weighted by atomic mass is 35.5. The van der Waals surface area contributed by atoms with Crippen molar-refractivity contribution >= 4 is 40.7 Å². The molecule has 4 atom stereocenters. The lowest BCUT2D eigenvalue weighted by atomic mass is 9.67. The van der Waals surface area contributed by atoms with Crippen LogP contribution < -0.4 is 5.32 Å². The van der Waals surface area contributed by atoms with Crippen LogP contribution in [0.3, 0.4) is 0 Å². The van der Waals surface area contributed by atoms with Crippen molar-refractivity contribution in [1.82, 2.24) is 5.32 Å². The van der Waals surface area contributed by atoms with Crippen LogP contribution in [0.1, 0.15) is 23.0 Å². The van der Waals surface area contributed by atoms with Gasteiger partial charge in [0.15, 0.2) is 0 Å². The first-order chi connectivity index (χ1) is 12.0. The Kier molecular flexibility index (Phi) is 4.53. The number of rotatable bonds is 2. The molecule has 25 heavy (non-hydrogen) atoms. The van der Waals surface area contributed by atoms with Crippen molar-refractivity contribution in [2.75, 3.05) is 6.54 Å². The van der Waals surface area contributed by atoms with E-state index < -0.39 is 0 Å². The molecule has 4 rings (SSSR count). The molecule has 1 N–H and O–H groups in total. The Bertz CT molecular complexity index is 847. The van der Waals surface area contributed by atoms with Crippen LogP contribution in [0.5, 0.6) is 0 Å². The second-order valence-electron chi connectivity index (χ2n) is 6.59. The molecular formula is C20H16Cl3NO. The Labute approximate surface area is 161 Å². The van der Waals surface area contributed by atoms with Crippen LogP contribution in [-0.2, 0) is 4.79 Å². The van der Waals surface area contributed by atoms with Gasteiger partial charge in [0, 0.05) is 27.5 Å². The molecule has 1 amide bonds. The third-order valence-electron chi connectivity index (χ3n) is 5.23. The zero-order chi connectivity index (χ0) is 17.6. The largest absolute Gasteiger partial charge is 0.355 e. The summed E-state index contributed by atoms with van der Waals surface area (Å²) in [6.07, 6.45) is 4.13. The first kappa shape index (κ1) is 17.0. The van der Waals surface area contributed by atoms with Crippen molar-refractivity contribution in [2.45, 2.75) is 11.8 Å². The number of carbonyl (C=O) groups is 1. The predicted molar refractivity (Wildman–Crippen MR) is 103 cm³/mol. The van der Waals surface area contributed by atoms with Gasteiger partial charge in [0.05, 0.1) is 5.92 Å². The van der Waals surface area contributed by atoms with Crippen LogP contribution in [0.2, 0.25) is 15.1 Å². The maximum absolute atomic E-state index is 12.2. The van der Waals surface area contributed by atoms with Crippen LogP contribution in [0, 0.1) is 11.8 Å². The normalized spacial score (nSPS) is 27.9. The van der Waals surface area contributed by atoms with Gasteiger partial charge in [0.25, 0.3) is 0 Å². The minimum Gasteiger partial charge on any atom is -0.355 e. The molecule has 2 aromatic carbocycles. The Morgan fingerprint density at radius 2 is 1.56 bits per heavy atom. The molecule has 0 unspecified atom stereocenters. The standard InChI is InChI=1S/C20H16Cl3NO/c21-12-3-1-11(2-4-12)19-15(14-6-5-13(22)9-18(14)23)7-8-16-17(19)10-24-20(16)25/h1-9,15-17,19H,10H2,(H,24,25)/t15-,16+,17+,19-/m0/s1. The van der Waals surface area contributed by atoms with Gasteiger partial charge in [-0.2, -0.15) is 0 Å². The second kappa shape index (κ2) is 6.68. The Hall–Kier alpha value is -1.48. The van der Waals surface area contributed by atoms with Gasteiger partial charge < -0.3 is 5.32 Å². The number of carbonyl (C=O) groups excluding carboxylic acids is 1. The number of allylic oxidation sites excluding steroid dienone is 1. The minimum atomic E-state index is -0.0944. The van der Waals surface area contributed by atoms with Gasteiger partial charge in [-0.15, -0.1) is 0 Å². The van der Waals surface area contributed by atoms with E-state index in [1.54, 1.807) is 6.07 Å². The maximum atomic E-state index is 12.2. The van der Waals surface area contributed by atoms with Crippen LogP contribution in [0.15, 0.2) is 54.6 Å². The summed E-state index contributed by atoms with van der Waals surface area (Å²) in [5, 5.41) is 4.97. The van der Waals surface area contributed by atoms with Gasteiger partial charge in [0.1, 0.15) is 0 Å². The summed E-state index contributed by atoms with van der Waals surface area (Å²) in [6.45, 7) is 0.669. The second-order valence-corrected chi connectivity index (χ2v) is 7.87. The molecule has 0 bridgehead atoms. The van der Waals surface area contributed by atoms with Crippen LogP contribution in [0.25, 0.3) is 0 Å². The summed E-state index contributed by atoms with van der Waals surface area (Å²) in [5.41, 5.74) is 2.19. The van der Waals surface area contributed by atoms with Crippen LogP contribution in [-0.4, -0.2) is 12.5 Å². The molecule has 0 saturated carbocycles. The van der Waals surface area contributed by atoms with E-state index in [1.807, 2.05) is 42.5 Å². The molecule has 0 radical (unpaired) electrons. The number of hydrogen-bond donors (Lipinski definition) is 1. The molecule has 0 aromatic heterocycles. The Morgan fingerprint density at radius 1 is 0.880 bits per heavy atom. The lowest BCUT2D eigenvalue weighted by Gasteiger charge is -2.36. The zero-order valence-corrected chi connectivity index (χ0v) is 15.5. The third kappa shape index (κ3) is 3.08. The SMILES string of the molecule is O=C1NC[C@H]2[C@@H](c3ccc(Cl)cc3)[C@H](c3ccc(Cl)cc3Cl)C=C[C@@H]12. The minimum absolute atomic E-state index is 0.0832. The summed E-state index contributed by atoms with van der Waals surface area (Å²) in [6, 6.07) is 13.5. The zero-order valence-electron chi connectivity index (χ0n) is 13.3. The average Bonchev–Trinajstić information content (AvgIpc) is 2.97. The van der Waals surface area contributed by atoms with Crippen molar-refractivity contribution in [2.24, 2.45) is 11.8 Å². The fraction of sp³-hybridized carbons (Fsp3) is 0.250. The van der Waals surface area contributed by atoms with Gasteiger partial charge >= 0.3 is 0 Å². The molecule has 2 nitrogen and oxygen atoms in total. The van der Waals surface area contributed by atoms with E-state index >= 15 is 0 Å². The number of hydrogen-bond acceptors (Lipinski definition) is 1. The predicted octanol–water partition coefficient (Wildman–Crippen LogP) is 5.45. The number of fused-ring (bicyclic) bond motifs is 1. The quantitative estimate of drug-likeness (QED) is 0.677. The van der Waals surface area contributed by atoms with E-state index in [2.05, 4.69) is 11.4 Å². The fourth-order valence-electron chi connectivity index (χ4n) is 4.07. The molecule has 2 aromatic rings. The number of halogens is 3. The van der Waals surface area contributed by atoms with E-state index in [0.29, 0.717) is 21.6 Å². The van der Waals surface area contributed by atoms with Gasteiger partial charge in [-0.25, -0.2) is 0 Å². The highest BCUT2D eigenvalue weighted by Gasteiger charge is 2.44. The van der Waals surface area contributed by atoms with Crippen molar-refractivity contribution in [1.29, 1.82) is 0 Å². The smallest absolute Gasteiger partial charge is 0.227 e.